The van der Waals surface area contributed by atoms with Crippen molar-refractivity contribution in [2.45, 2.75) is 46.7 Å². The van der Waals surface area contributed by atoms with Gasteiger partial charge < -0.3 is 16.2 Å². The Balaban J connectivity index is 1.83. The van der Waals surface area contributed by atoms with Gasteiger partial charge in [-0.25, -0.2) is 4.99 Å². The van der Waals surface area contributed by atoms with E-state index < -0.39 is 5.66 Å². The number of aryl methyl sites for hydroxylation is 3. The van der Waals surface area contributed by atoms with Gasteiger partial charge in [-0.15, -0.1) is 0 Å². The lowest BCUT2D eigenvalue weighted by Gasteiger charge is -2.36. The van der Waals surface area contributed by atoms with E-state index in [2.05, 4.69) is 42.9 Å². The molecule has 1 aliphatic heterocycles. The molecule has 2 rings (SSSR count). The summed E-state index contributed by atoms with van der Waals surface area (Å²) in [6.45, 7) is 10.9. The van der Waals surface area contributed by atoms with Gasteiger partial charge in [0.05, 0.1) is 13.2 Å². The summed E-state index contributed by atoms with van der Waals surface area (Å²) >= 11 is 0. The lowest BCUT2D eigenvalue weighted by molar-refractivity contribution is -0.158. The molecule has 132 valence electrons. The van der Waals surface area contributed by atoms with Crippen LogP contribution in [-0.4, -0.2) is 35.9 Å². The number of hydrogen-bond donors (Lipinski definition) is 2. The normalized spacial score (nSPS) is 16.6. The van der Waals surface area contributed by atoms with E-state index in [1.165, 1.54) is 10.6 Å². The third-order valence-electron chi connectivity index (χ3n) is 3.68. The first-order chi connectivity index (χ1) is 11.2. The first kappa shape index (κ1) is 18.1. The Labute approximate surface area is 143 Å². The summed E-state index contributed by atoms with van der Waals surface area (Å²) in [5, 5.41) is 1.48. The van der Waals surface area contributed by atoms with E-state index in [9.17, 15) is 0 Å². The second-order valence-electron chi connectivity index (χ2n) is 6.49. The largest absolute Gasteiger partial charge is 0.493 e. The number of nitrogens with zero attached hydrogens (tertiary/aromatic N) is 3. The first-order valence-electron chi connectivity index (χ1n) is 8.04. The van der Waals surface area contributed by atoms with Crippen LogP contribution in [0.1, 0.15) is 37.0 Å². The van der Waals surface area contributed by atoms with Crippen molar-refractivity contribution in [2.24, 2.45) is 21.5 Å². The number of hydrogen-bond acceptors (Lipinski definition) is 7. The maximum absolute atomic E-state index is 5.90. The molecule has 4 N–H and O–H groups in total. The highest BCUT2D eigenvalue weighted by Gasteiger charge is 2.32. The maximum Gasteiger partial charge on any atom is 0.226 e. The third-order valence-corrected chi connectivity index (χ3v) is 3.68. The average molecular weight is 333 g/mol. The van der Waals surface area contributed by atoms with Crippen molar-refractivity contribution in [3.8, 4) is 5.75 Å². The molecule has 24 heavy (non-hydrogen) atoms. The zero-order chi connectivity index (χ0) is 17.9. The smallest absolute Gasteiger partial charge is 0.226 e. The first-order valence-corrected chi connectivity index (χ1v) is 8.04. The Bertz CT molecular complexity index is 644. The van der Waals surface area contributed by atoms with Crippen molar-refractivity contribution < 1.29 is 9.57 Å². The Kier molecular flexibility index (Phi) is 5.33. The van der Waals surface area contributed by atoms with E-state index in [0.29, 0.717) is 19.6 Å². The molecule has 0 saturated carbocycles. The second-order valence-corrected chi connectivity index (χ2v) is 6.49. The minimum absolute atomic E-state index is 0.158. The van der Waals surface area contributed by atoms with Gasteiger partial charge in [-0.05, 0) is 45.7 Å². The molecule has 1 aromatic rings. The predicted molar refractivity (Wildman–Crippen MR) is 95.9 cm³/mol. The van der Waals surface area contributed by atoms with Crippen LogP contribution in [0.4, 0.5) is 0 Å². The third kappa shape index (κ3) is 4.17. The number of hydroxylamine groups is 2. The highest BCUT2D eigenvalue weighted by molar-refractivity contribution is 5.95. The number of nitrogens with two attached hydrogens (primary N) is 2. The highest BCUT2D eigenvalue weighted by Crippen LogP contribution is 2.25. The van der Waals surface area contributed by atoms with Crippen molar-refractivity contribution in [1.82, 2.24) is 5.06 Å². The maximum atomic E-state index is 5.90. The number of rotatable bonds is 6. The van der Waals surface area contributed by atoms with Crippen LogP contribution in [0.2, 0.25) is 0 Å². The molecule has 0 atom stereocenters. The fourth-order valence-electron chi connectivity index (χ4n) is 2.80. The molecule has 0 fully saturated rings. The Morgan fingerprint density at radius 2 is 1.71 bits per heavy atom. The van der Waals surface area contributed by atoms with Gasteiger partial charge in [0.1, 0.15) is 5.75 Å². The van der Waals surface area contributed by atoms with Gasteiger partial charge in [-0.1, -0.05) is 17.7 Å². The fraction of sp³-hybridized carbons (Fsp3) is 0.529. The molecular formula is C17H27N5O2. The Hall–Kier alpha value is -2.28. The second kappa shape index (κ2) is 7.09. The number of benzene rings is 1. The number of ether oxygens (including phenoxy) is 1. The van der Waals surface area contributed by atoms with Crippen molar-refractivity contribution in [3.05, 3.63) is 28.8 Å². The van der Waals surface area contributed by atoms with Gasteiger partial charge in [0, 0.05) is 6.42 Å². The Morgan fingerprint density at radius 3 is 2.29 bits per heavy atom. The zero-order valence-electron chi connectivity index (χ0n) is 15.1. The highest BCUT2D eigenvalue weighted by atomic mass is 16.7. The van der Waals surface area contributed by atoms with Gasteiger partial charge in [0.25, 0.3) is 0 Å². The van der Waals surface area contributed by atoms with Gasteiger partial charge in [0.2, 0.25) is 11.9 Å². The van der Waals surface area contributed by atoms with Crippen LogP contribution in [0.15, 0.2) is 22.1 Å². The molecule has 1 aliphatic rings. The molecule has 0 radical (unpaired) electrons. The average Bonchev–Trinajstić information content (AvgIpc) is 2.42. The van der Waals surface area contributed by atoms with Crippen LogP contribution in [0.3, 0.4) is 0 Å². The summed E-state index contributed by atoms with van der Waals surface area (Å²) in [6.07, 6.45) is 0.714. The Morgan fingerprint density at radius 1 is 1.08 bits per heavy atom. The molecule has 0 saturated heterocycles. The molecule has 0 unspecified atom stereocenters. The molecule has 0 aromatic heterocycles. The van der Waals surface area contributed by atoms with E-state index in [1.54, 1.807) is 0 Å². The van der Waals surface area contributed by atoms with Gasteiger partial charge in [-0.2, -0.15) is 10.1 Å². The molecule has 1 heterocycles. The van der Waals surface area contributed by atoms with Gasteiger partial charge in [0.15, 0.2) is 5.66 Å². The van der Waals surface area contributed by atoms with Gasteiger partial charge in [-0.3, -0.25) is 4.84 Å². The molecule has 7 heteroatoms. The van der Waals surface area contributed by atoms with E-state index >= 15 is 0 Å². The topological polar surface area (TPSA) is 98.5 Å². The molecule has 0 amide bonds. The van der Waals surface area contributed by atoms with E-state index in [1.807, 2.05) is 13.8 Å². The van der Waals surface area contributed by atoms with E-state index in [0.717, 1.165) is 16.9 Å². The van der Waals surface area contributed by atoms with Crippen molar-refractivity contribution >= 4 is 11.9 Å². The lowest BCUT2D eigenvalue weighted by atomic mass is 10.1. The molecule has 0 bridgehead atoms. The molecule has 0 spiro atoms. The minimum Gasteiger partial charge on any atom is -0.493 e. The minimum atomic E-state index is -0.680. The number of guanidine groups is 2. The summed E-state index contributed by atoms with van der Waals surface area (Å²) in [4.78, 5) is 13.9. The summed E-state index contributed by atoms with van der Waals surface area (Å²) < 4.78 is 5.90. The number of aliphatic imine (C=N–C) groups is 2. The molecular weight excluding hydrogens is 306 g/mol. The van der Waals surface area contributed by atoms with Crippen LogP contribution >= 0.6 is 0 Å². The standard InChI is InChI=1S/C17H27N5O2/c1-11-9-12(2)14(13(3)10-11)23-7-6-8-24-22-16(19)20-15(18)21-17(22,4)5/h9-10H,6-8H2,1-5H3,(H4,18,19,20,21). The molecule has 1 aromatic carbocycles. The monoisotopic (exact) mass is 333 g/mol. The summed E-state index contributed by atoms with van der Waals surface area (Å²) in [5.74, 6) is 1.31. The van der Waals surface area contributed by atoms with Crippen molar-refractivity contribution in [2.75, 3.05) is 13.2 Å². The zero-order valence-corrected chi connectivity index (χ0v) is 15.1. The van der Waals surface area contributed by atoms with Crippen LogP contribution in [0.25, 0.3) is 0 Å². The van der Waals surface area contributed by atoms with Crippen LogP contribution < -0.4 is 16.2 Å². The summed E-state index contributed by atoms with van der Waals surface area (Å²) in [7, 11) is 0. The van der Waals surface area contributed by atoms with Crippen LogP contribution in [-0.2, 0) is 4.84 Å². The van der Waals surface area contributed by atoms with Crippen molar-refractivity contribution in [3.63, 3.8) is 0 Å². The molecule has 0 aliphatic carbocycles. The quantitative estimate of drug-likeness (QED) is 0.776. The molecule has 7 nitrogen and oxygen atoms in total. The van der Waals surface area contributed by atoms with Crippen LogP contribution in [0.5, 0.6) is 5.75 Å². The SMILES string of the molecule is Cc1cc(C)c(OCCCON2C(N)=NC(N)=NC2(C)C)c(C)c1. The van der Waals surface area contributed by atoms with E-state index in [-0.39, 0.29) is 11.9 Å². The van der Waals surface area contributed by atoms with E-state index in [4.69, 9.17) is 21.0 Å². The predicted octanol–water partition coefficient (Wildman–Crippen LogP) is 1.99. The fourth-order valence-corrected chi connectivity index (χ4v) is 2.80. The van der Waals surface area contributed by atoms with Crippen molar-refractivity contribution in [1.29, 1.82) is 0 Å². The lowest BCUT2D eigenvalue weighted by Crippen LogP contribution is -2.53. The van der Waals surface area contributed by atoms with Crippen LogP contribution in [0, 0.1) is 20.8 Å². The van der Waals surface area contributed by atoms with Gasteiger partial charge >= 0.3 is 0 Å². The summed E-state index contributed by atoms with van der Waals surface area (Å²) in [6, 6.07) is 4.24. The summed E-state index contributed by atoms with van der Waals surface area (Å²) in [5.41, 5.74) is 14.3.